The normalized spacial score (nSPS) is 10.5. The number of rotatable bonds is 3. The van der Waals surface area contributed by atoms with Gasteiger partial charge in [0.2, 0.25) is 5.82 Å². The molecule has 7 nitrogen and oxygen atoms in total. The SMILES string of the molecule is NCCNC(=O)c1ncc2[nH]cnc2n1. The summed E-state index contributed by atoms with van der Waals surface area (Å²) in [5.74, 6) is -0.242. The predicted octanol–water partition coefficient (Wildman–Crippen LogP) is -0.959. The van der Waals surface area contributed by atoms with Gasteiger partial charge in [-0.3, -0.25) is 4.79 Å². The molecule has 1 amide bonds. The van der Waals surface area contributed by atoms with Crippen LogP contribution in [0.1, 0.15) is 10.6 Å². The molecule has 0 aliphatic heterocycles. The summed E-state index contributed by atoms with van der Waals surface area (Å²) in [4.78, 5) is 26.1. The second-order valence-electron chi connectivity index (χ2n) is 2.88. The van der Waals surface area contributed by atoms with Crippen LogP contribution in [0, 0.1) is 0 Å². The molecule has 4 N–H and O–H groups in total. The molecule has 2 heterocycles. The van der Waals surface area contributed by atoms with Crippen LogP contribution in [0.25, 0.3) is 11.2 Å². The van der Waals surface area contributed by atoms with Gasteiger partial charge in [0.1, 0.15) is 5.52 Å². The highest BCUT2D eigenvalue weighted by molar-refractivity contribution is 5.91. The standard InChI is InChI=1S/C8H10N6O/c9-1-2-10-8(15)7-11-3-5-6(14-7)13-4-12-5/h3-4H,1-2,9H2,(H,10,15)(H,11,12,13,14). The molecule has 0 aromatic carbocycles. The number of carbonyl (C=O) groups excluding carboxylic acids is 1. The van der Waals surface area contributed by atoms with Crippen molar-refractivity contribution in [3.8, 4) is 0 Å². The Bertz CT molecular complexity index is 479. The Kier molecular flexibility index (Phi) is 2.55. The Hall–Kier alpha value is -2.02. The monoisotopic (exact) mass is 206 g/mol. The number of nitrogens with zero attached hydrogens (tertiary/aromatic N) is 3. The molecule has 2 rings (SSSR count). The first kappa shape index (κ1) is 9.53. The van der Waals surface area contributed by atoms with E-state index in [1.165, 1.54) is 12.5 Å². The van der Waals surface area contributed by atoms with Crippen molar-refractivity contribution in [1.82, 2.24) is 25.3 Å². The second kappa shape index (κ2) is 4.01. The molecule has 0 aliphatic rings. The Morgan fingerprint density at radius 2 is 2.40 bits per heavy atom. The minimum Gasteiger partial charge on any atom is -0.348 e. The average Bonchev–Trinajstić information content (AvgIpc) is 2.72. The maximum Gasteiger partial charge on any atom is 0.289 e. The summed E-state index contributed by atoms with van der Waals surface area (Å²) in [5.41, 5.74) is 6.43. The van der Waals surface area contributed by atoms with Crippen LogP contribution >= 0.6 is 0 Å². The zero-order valence-electron chi connectivity index (χ0n) is 7.90. The van der Waals surface area contributed by atoms with E-state index >= 15 is 0 Å². The summed E-state index contributed by atoms with van der Waals surface area (Å²) < 4.78 is 0. The van der Waals surface area contributed by atoms with Crippen LogP contribution < -0.4 is 11.1 Å². The highest BCUT2D eigenvalue weighted by atomic mass is 16.2. The summed E-state index contributed by atoms with van der Waals surface area (Å²) in [7, 11) is 0. The van der Waals surface area contributed by atoms with Crippen LogP contribution in [0.3, 0.4) is 0 Å². The fourth-order valence-corrected chi connectivity index (χ4v) is 1.11. The number of hydrogen-bond acceptors (Lipinski definition) is 5. The average molecular weight is 206 g/mol. The van der Waals surface area contributed by atoms with Crippen LogP contribution in [0.4, 0.5) is 0 Å². The van der Waals surface area contributed by atoms with E-state index in [1.54, 1.807) is 0 Å². The lowest BCUT2D eigenvalue weighted by molar-refractivity contribution is 0.0944. The maximum absolute atomic E-state index is 11.4. The van der Waals surface area contributed by atoms with Crippen LogP contribution in [-0.2, 0) is 0 Å². The van der Waals surface area contributed by atoms with Crippen LogP contribution in [0.5, 0.6) is 0 Å². The third kappa shape index (κ3) is 1.91. The van der Waals surface area contributed by atoms with E-state index in [4.69, 9.17) is 5.73 Å². The number of imidazole rings is 1. The van der Waals surface area contributed by atoms with Crippen molar-refractivity contribution in [2.75, 3.05) is 13.1 Å². The molecular weight excluding hydrogens is 196 g/mol. The molecule has 2 aromatic heterocycles. The van der Waals surface area contributed by atoms with Crippen molar-refractivity contribution < 1.29 is 4.79 Å². The van der Waals surface area contributed by atoms with Crippen molar-refractivity contribution in [1.29, 1.82) is 0 Å². The number of H-pyrrole nitrogens is 1. The second-order valence-corrected chi connectivity index (χ2v) is 2.88. The number of amides is 1. The van der Waals surface area contributed by atoms with E-state index < -0.39 is 0 Å². The summed E-state index contributed by atoms with van der Waals surface area (Å²) in [6, 6.07) is 0. The number of aromatic nitrogens is 4. The summed E-state index contributed by atoms with van der Waals surface area (Å²) in [6.07, 6.45) is 3.02. The number of hydrogen-bond donors (Lipinski definition) is 3. The third-order valence-corrected chi connectivity index (χ3v) is 1.81. The van der Waals surface area contributed by atoms with Gasteiger partial charge in [0.05, 0.1) is 12.5 Å². The first-order valence-electron chi connectivity index (χ1n) is 4.45. The smallest absolute Gasteiger partial charge is 0.289 e. The molecule has 7 heteroatoms. The zero-order chi connectivity index (χ0) is 10.7. The maximum atomic E-state index is 11.4. The number of nitrogens with two attached hydrogens (primary N) is 1. The Morgan fingerprint density at radius 3 is 3.20 bits per heavy atom. The summed E-state index contributed by atoms with van der Waals surface area (Å²) >= 11 is 0. The van der Waals surface area contributed by atoms with E-state index in [9.17, 15) is 4.79 Å². The fraction of sp³-hybridized carbons (Fsp3) is 0.250. The summed E-state index contributed by atoms with van der Waals surface area (Å²) in [5, 5.41) is 2.58. The van der Waals surface area contributed by atoms with Gasteiger partial charge in [-0.1, -0.05) is 0 Å². The van der Waals surface area contributed by atoms with Crippen molar-refractivity contribution in [3.05, 3.63) is 18.3 Å². The van der Waals surface area contributed by atoms with Crippen LogP contribution in [0.2, 0.25) is 0 Å². The van der Waals surface area contributed by atoms with Gasteiger partial charge < -0.3 is 16.0 Å². The number of nitrogens with one attached hydrogen (secondary N) is 2. The Labute approximate surface area is 85.1 Å². The molecule has 0 bridgehead atoms. The van der Waals surface area contributed by atoms with Crippen molar-refractivity contribution in [2.45, 2.75) is 0 Å². The largest absolute Gasteiger partial charge is 0.348 e. The quantitative estimate of drug-likeness (QED) is 0.599. The van der Waals surface area contributed by atoms with Gasteiger partial charge in [-0.2, -0.15) is 0 Å². The van der Waals surface area contributed by atoms with Gasteiger partial charge in [0.25, 0.3) is 5.91 Å². The molecule has 0 saturated carbocycles. The van der Waals surface area contributed by atoms with E-state index in [0.29, 0.717) is 24.3 Å². The number of aromatic amines is 1. The molecule has 0 radical (unpaired) electrons. The molecule has 0 unspecified atom stereocenters. The third-order valence-electron chi connectivity index (χ3n) is 1.81. The van der Waals surface area contributed by atoms with Gasteiger partial charge in [-0.05, 0) is 0 Å². The van der Waals surface area contributed by atoms with Crippen LogP contribution in [0.15, 0.2) is 12.5 Å². The van der Waals surface area contributed by atoms with Gasteiger partial charge in [-0.15, -0.1) is 0 Å². The zero-order valence-corrected chi connectivity index (χ0v) is 7.90. The van der Waals surface area contributed by atoms with Crippen molar-refractivity contribution >= 4 is 17.1 Å². The molecule has 0 saturated heterocycles. The van der Waals surface area contributed by atoms with Gasteiger partial charge >= 0.3 is 0 Å². The van der Waals surface area contributed by atoms with Gasteiger partial charge in [0.15, 0.2) is 5.65 Å². The molecule has 0 atom stereocenters. The van der Waals surface area contributed by atoms with Gasteiger partial charge in [-0.25, -0.2) is 15.0 Å². The first-order valence-corrected chi connectivity index (χ1v) is 4.45. The molecular formula is C8H10N6O. The summed E-state index contributed by atoms with van der Waals surface area (Å²) in [6.45, 7) is 0.789. The van der Waals surface area contributed by atoms with E-state index in [-0.39, 0.29) is 11.7 Å². The van der Waals surface area contributed by atoms with Gasteiger partial charge in [0, 0.05) is 13.1 Å². The van der Waals surface area contributed by atoms with Crippen LogP contribution in [-0.4, -0.2) is 38.9 Å². The van der Waals surface area contributed by atoms with Crippen molar-refractivity contribution in [2.24, 2.45) is 5.73 Å². The minimum absolute atomic E-state index is 0.100. The highest BCUT2D eigenvalue weighted by Gasteiger charge is 2.09. The molecule has 78 valence electrons. The highest BCUT2D eigenvalue weighted by Crippen LogP contribution is 2.03. The molecule has 2 aromatic rings. The molecule has 15 heavy (non-hydrogen) atoms. The number of fused-ring (bicyclic) bond motifs is 1. The number of carbonyl (C=O) groups is 1. The Morgan fingerprint density at radius 1 is 1.53 bits per heavy atom. The lowest BCUT2D eigenvalue weighted by Gasteiger charge is -2.00. The molecule has 0 spiro atoms. The topological polar surface area (TPSA) is 110 Å². The minimum atomic E-state index is -0.342. The van der Waals surface area contributed by atoms with E-state index in [0.717, 1.165) is 0 Å². The molecule has 0 aliphatic carbocycles. The lowest BCUT2D eigenvalue weighted by atomic mass is 10.4. The molecule has 0 fully saturated rings. The predicted molar refractivity (Wildman–Crippen MR) is 53.1 cm³/mol. The van der Waals surface area contributed by atoms with E-state index in [2.05, 4.69) is 25.3 Å². The lowest BCUT2D eigenvalue weighted by Crippen LogP contribution is -2.30. The van der Waals surface area contributed by atoms with Crippen molar-refractivity contribution in [3.63, 3.8) is 0 Å². The first-order chi connectivity index (χ1) is 7.31. The Balaban J connectivity index is 2.23. The van der Waals surface area contributed by atoms with E-state index in [1.807, 2.05) is 0 Å². The fourth-order valence-electron chi connectivity index (χ4n) is 1.11.